The Balaban J connectivity index is 1.64. The van der Waals surface area contributed by atoms with Crippen molar-refractivity contribution in [2.45, 2.75) is 18.9 Å². The van der Waals surface area contributed by atoms with Gasteiger partial charge in [0.25, 0.3) is 0 Å². The number of amides is 3. The molecule has 0 aliphatic carbocycles. The Morgan fingerprint density at radius 2 is 1.97 bits per heavy atom. The van der Waals surface area contributed by atoms with E-state index < -0.39 is 12.1 Å². The summed E-state index contributed by atoms with van der Waals surface area (Å²) >= 11 is 6.25. The van der Waals surface area contributed by atoms with E-state index in [2.05, 4.69) is 10.6 Å². The van der Waals surface area contributed by atoms with Gasteiger partial charge in [0.15, 0.2) is 0 Å². The summed E-state index contributed by atoms with van der Waals surface area (Å²) in [6.45, 7) is 1.54. The smallest absolute Gasteiger partial charge is 0.319 e. The summed E-state index contributed by atoms with van der Waals surface area (Å²) in [4.78, 5) is 28.2. The van der Waals surface area contributed by atoms with Crippen molar-refractivity contribution in [3.8, 4) is 0 Å². The highest BCUT2D eigenvalue weighted by Crippen LogP contribution is 2.30. The lowest BCUT2D eigenvalue weighted by atomic mass is 9.95. The van der Waals surface area contributed by atoms with E-state index in [0.29, 0.717) is 35.9 Å². The van der Waals surface area contributed by atoms with Gasteiger partial charge in [-0.05, 0) is 44.3 Å². The zero-order chi connectivity index (χ0) is 22.4. The first-order valence-corrected chi connectivity index (χ1v) is 10.8. The number of nitrogens with zero attached hydrogens (tertiary/aromatic N) is 2. The SMILES string of the molecule is CN(C)CC(CNC(=O)Nc1cc(N2CCCC2=O)ccc1Cl)C(O)c1ccccc1. The summed E-state index contributed by atoms with van der Waals surface area (Å²) in [6, 6.07) is 14.1. The van der Waals surface area contributed by atoms with Crippen molar-refractivity contribution in [2.75, 3.05) is 43.9 Å². The average Bonchev–Trinajstić information content (AvgIpc) is 3.18. The van der Waals surface area contributed by atoms with Crippen LogP contribution in [0.1, 0.15) is 24.5 Å². The van der Waals surface area contributed by atoms with E-state index in [4.69, 9.17) is 11.6 Å². The Labute approximate surface area is 188 Å². The second-order valence-electron chi connectivity index (χ2n) is 8.03. The molecule has 1 aliphatic rings. The first kappa shape index (κ1) is 23.1. The van der Waals surface area contributed by atoms with Crippen LogP contribution >= 0.6 is 11.6 Å². The van der Waals surface area contributed by atoms with Crippen LogP contribution in [0.15, 0.2) is 48.5 Å². The molecule has 0 saturated carbocycles. The molecule has 1 fully saturated rings. The van der Waals surface area contributed by atoms with Crippen LogP contribution in [0, 0.1) is 5.92 Å². The van der Waals surface area contributed by atoms with E-state index >= 15 is 0 Å². The predicted molar refractivity (Wildman–Crippen MR) is 124 cm³/mol. The van der Waals surface area contributed by atoms with Crippen LogP contribution in [0.5, 0.6) is 0 Å². The molecule has 1 saturated heterocycles. The molecular weight excluding hydrogens is 416 g/mol. The summed E-state index contributed by atoms with van der Waals surface area (Å²) in [5.74, 6) is -0.133. The summed E-state index contributed by atoms with van der Waals surface area (Å²) in [6.07, 6.45) is 0.641. The number of hydrogen-bond donors (Lipinski definition) is 3. The standard InChI is InChI=1S/C23H29ClN4O3/c1-27(2)15-17(22(30)16-7-4-3-5-8-16)14-25-23(31)26-20-13-18(10-11-19(20)24)28-12-6-9-21(28)29/h3-5,7-8,10-11,13,17,22,30H,6,9,12,14-15H2,1-2H3,(H2,25,26,31). The molecule has 2 atom stereocenters. The van der Waals surface area contributed by atoms with Gasteiger partial charge in [-0.15, -0.1) is 0 Å². The Hall–Kier alpha value is -2.61. The minimum atomic E-state index is -0.711. The maximum absolute atomic E-state index is 12.6. The van der Waals surface area contributed by atoms with Gasteiger partial charge in [-0.25, -0.2) is 4.79 Å². The van der Waals surface area contributed by atoms with Crippen LogP contribution in [0.25, 0.3) is 0 Å². The van der Waals surface area contributed by atoms with E-state index in [0.717, 1.165) is 12.0 Å². The number of benzene rings is 2. The Morgan fingerprint density at radius 3 is 2.61 bits per heavy atom. The molecule has 1 aliphatic heterocycles. The van der Waals surface area contributed by atoms with Crippen molar-refractivity contribution < 1.29 is 14.7 Å². The van der Waals surface area contributed by atoms with Crippen LogP contribution in [-0.2, 0) is 4.79 Å². The quantitative estimate of drug-likeness (QED) is 0.581. The molecular formula is C23H29ClN4O3. The predicted octanol–water partition coefficient (Wildman–Crippen LogP) is 3.50. The molecule has 2 unspecified atom stereocenters. The molecule has 3 amide bonds. The Morgan fingerprint density at radius 1 is 1.23 bits per heavy atom. The van der Waals surface area contributed by atoms with Crippen LogP contribution in [0.4, 0.5) is 16.2 Å². The molecule has 0 spiro atoms. The number of carbonyl (C=O) groups excluding carboxylic acids is 2. The molecule has 3 N–H and O–H groups in total. The van der Waals surface area contributed by atoms with Crippen LogP contribution in [0.2, 0.25) is 5.02 Å². The third-order valence-electron chi connectivity index (χ3n) is 5.30. The minimum Gasteiger partial charge on any atom is -0.388 e. The number of hydrogen-bond acceptors (Lipinski definition) is 4. The van der Waals surface area contributed by atoms with E-state index in [1.54, 1.807) is 23.1 Å². The highest BCUT2D eigenvalue weighted by atomic mass is 35.5. The van der Waals surface area contributed by atoms with E-state index in [1.165, 1.54) is 0 Å². The lowest BCUT2D eigenvalue weighted by Gasteiger charge is -2.26. The van der Waals surface area contributed by atoms with Crippen molar-refractivity contribution in [3.63, 3.8) is 0 Å². The number of halogens is 1. The van der Waals surface area contributed by atoms with Gasteiger partial charge in [0, 0.05) is 37.7 Å². The molecule has 3 rings (SSSR count). The highest BCUT2D eigenvalue weighted by Gasteiger charge is 2.24. The van der Waals surface area contributed by atoms with Gasteiger partial charge < -0.3 is 25.5 Å². The van der Waals surface area contributed by atoms with Gasteiger partial charge in [0.1, 0.15) is 0 Å². The molecule has 0 aromatic heterocycles. The van der Waals surface area contributed by atoms with Crippen LogP contribution < -0.4 is 15.5 Å². The summed E-state index contributed by atoms with van der Waals surface area (Å²) in [5.41, 5.74) is 1.96. The fraction of sp³-hybridized carbons (Fsp3) is 0.391. The number of aliphatic hydroxyl groups is 1. The largest absolute Gasteiger partial charge is 0.388 e. The fourth-order valence-corrected chi connectivity index (χ4v) is 3.92. The first-order valence-electron chi connectivity index (χ1n) is 10.4. The zero-order valence-corrected chi connectivity index (χ0v) is 18.6. The first-order chi connectivity index (χ1) is 14.8. The number of anilines is 2. The topological polar surface area (TPSA) is 84.9 Å². The number of urea groups is 1. The van der Waals surface area contributed by atoms with Crippen molar-refractivity contribution in [3.05, 3.63) is 59.1 Å². The van der Waals surface area contributed by atoms with Gasteiger partial charge in [0.05, 0.1) is 16.8 Å². The third-order valence-corrected chi connectivity index (χ3v) is 5.62. The molecule has 1 heterocycles. The van der Waals surface area contributed by atoms with Crippen LogP contribution in [0.3, 0.4) is 0 Å². The van der Waals surface area contributed by atoms with Gasteiger partial charge >= 0.3 is 6.03 Å². The molecule has 31 heavy (non-hydrogen) atoms. The summed E-state index contributed by atoms with van der Waals surface area (Å²) in [5, 5.41) is 16.8. The normalized spacial score (nSPS) is 15.8. The molecule has 8 heteroatoms. The average molecular weight is 445 g/mol. The number of aliphatic hydroxyl groups excluding tert-OH is 1. The molecule has 7 nitrogen and oxygen atoms in total. The molecule has 0 radical (unpaired) electrons. The Kier molecular flexibility index (Phi) is 7.90. The van der Waals surface area contributed by atoms with Crippen molar-refractivity contribution in [1.29, 1.82) is 0 Å². The van der Waals surface area contributed by atoms with Gasteiger partial charge in [-0.3, -0.25) is 4.79 Å². The molecule has 0 bridgehead atoms. The second-order valence-corrected chi connectivity index (χ2v) is 8.43. The van der Waals surface area contributed by atoms with Crippen molar-refractivity contribution in [2.24, 2.45) is 5.92 Å². The zero-order valence-electron chi connectivity index (χ0n) is 17.8. The highest BCUT2D eigenvalue weighted by molar-refractivity contribution is 6.33. The van der Waals surface area contributed by atoms with Crippen molar-refractivity contribution in [1.82, 2.24) is 10.2 Å². The molecule has 2 aromatic carbocycles. The number of rotatable bonds is 8. The summed E-state index contributed by atoms with van der Waals surface area (Å²) < 4.78 is 0. The van der Waals surface area contributed by atoms with E-state index in [-0.39, 0.29) is 18.4 Å². The fourth-order valence-electron chi connectivity index (χ4n) is 3.76. The second kappa shape index (κ2) is 10.6. The van der Waals surface area contributed by atoms with Gasteiger partial charge in [0.2, 0.25) is 5.91 Å². The lowest BCUT2D eigenvalue weighted by molar-refractivity contribution is -0.117. The van der Waals surface area contributed by atoms with E-state index in [1.807, 2.05) is 49.3 Å². The third kappa shape index (κ3) is 6.19. The van der Waals surface area contributed by atoms with Crippen molar-refractivity contribution >= 4 is 34.9 Å². The molecule has 166 valence electrons. The lowest BCUT2D eigenvalue weighted by Crippen LogP contribution is -2.39. The van der Waals surface area contributed by atoms with Gasteiger partial charge in [-0.1, -0.05) is 41.9 Å². The maximum atomic E-state index is 12.6. The molecule has 2 aromatic rings. The van der Waals surface area contributed by atoms with Crippen LogP contribution in [-0.4, -0.2) is 55.7 Å². The monoisotopic (exact) mass is 444 g/mol. The number of carbonyl (C=O) groups is 2. The number of nitrogens with one attached hydrogen (secondary N) is 2. The van der Waals surface area contributed by atoms with E-state index in [9.17, 15) is 14.7 Å². The van der Waals surface area contributed by atoms with Gasteiger partial charge in [-0.2, -0.15) is 0 Å². The minimum absolute atomic E-state index is 0.0687. The maximum Gasteiger partial charge on any atom is 0.319 e. The Bertz CT molecular complexity index is 907. The summed E-state index contributed by atoms with van der Waals surface area (Å²) in [7, 11) is 3.85.